The molecule has 0 atom stereocenters. The molecule has 0 N–H and O–H groups in total. The summed E-state index contributed by atoms with van der Waals surface area (Å²) in [5.41, 5.74) is 28.7. The minimum atomic E-state index is 0.654. The number of nitrogens with zero attached hydrogens (tertiary/aromatic N) is 7. The van der Waals surface area contributed by atoms with Gasteiger partial charge < -0.3 is 17.6 Å². The summed E-state index contributed by atoms with van der Waals surface area (Å²) in [4.78, 5) is 14.8. The maximum absolute atomic E-state index is 4.98. The van der Waals surface area contributed by atoms with E-state index < -0.39 is 0 Å². The van der Waals surface area contributed by atoms with E-state index in [9.17, 15) is 0 Å². The lowest BCUT2D eigenvalue weighted by molar-refractivity contribution is 1.07. The smallest absolute Gasteiger partial charge is 0.164 e. The summed E-state index contributed by atoms with van der Waals surface area (Å²) < 4.78 is 9.97. The predicted molar refractivity (Wildman–Crippen MR) is 636 cm³/mol. The fraction of sp³-hybridized carbons (Fsp3) is 0. The molecule has 0 saturated carbocycles. The van der Waals surface area contributed by atoms with Crippen LogP contribution in [0.15, 0.2) is 491 Å². The third-order valence-electron chi connectivity index (χ3n) is 33.3. The molecule has 0 fully saturated rings. The van der Waals surface area contributed by atoms with Crippen LogP contribution in [0.3, 0.4) is 0 Å². The second-order valence-corrected chi connectivity index (χ2v) is 40.7. The van der Waals surface area contributed by atoms with Crippen molar-refractivity contribution in [3.05, 3.63) is 491 Å². The molecule has 37 aromatic rings. The van der Waals surface area contributed by atoms with Crippen molar-refractivity contribution in [1.82, 2.24) is 32.6 Å². The second-order valence-electron chi connectivity index (χ2n) is 40.7. The Balaban J connectivity index is 0.0000000863. The molecule has 0 amide bonds. The Bertz CT molecular complexity index is 12100. The van der Waals surface area contributed by atoms with Crippen molar-refractivity contribution < 1.29 is 0 Å². The van der Waals surface area contributed by atoms with E-state index in [0.29, 0.717) is 17.5 Å². The number of hydrogen-bond acceptors (Lipinski definition) is 3. The first-order valence-corrected chi connectivity index (χ1v) is 51.9. The molecular weight excluding hydrogens is 1820 g/mol. The largest absolute Gasteiger partial charge is 0.308 e. The van der Waals surface area contributed by atoms with Crippen molar-refractivity contribution in [2.24, 2.45) is 0 Å². The highest BCUT2D eigenvalue weighted by Crippen LogP contribution is 2.58. The number of rotatable bonds is 7. The first-order valence-electron chi connectivity index (χ1n) is 51.9. The van der Waals surface area contributed by atoms with Crippen LogP contribution in [-0.2, 0) is 0 Å². The van der Waals surface area contributed by atoms with E-state index in [1.807, 2.05) is 60.7 Å². The van der Waals surface area contributed by atoms with Crippen LogP contribution in [0.4, 0.5) is 0 Å². The molecule has 7 heteroatoms. The van der Waals surface area contributed by atoms with E-state index in [0.717, 1.165) is 22.3 Å². The number of para-hydroxylation sites is 4. The molecule has 9 heterocycles. The number of benzene rings is 28. The van der Waals surface area contributed by atoms with Crippen molar-refractivity contribution in [3.63, 3.8) is 0 Å². The highest BCUT2D eigenvalue weighted by molar-refractivity contribution is 6.46. The van der Waals surface area contributed by atoms with Gasteiger partial charge in [-0.1, -0.05) is 419 Å². The van der Waals surface area contributed by atoms with Gasteiger partial charge in [-0.3, -0.25) is 0 Å². The molecule has 0 bridgehead atoms. The molecule has 688 valence electrons. The molecule has 9 aromatic heterocycles. The van der Waals surface area contributed by atoms with Crippen LogP contribution in [0.5, 0.6) is 0 Å². The van der Waals surface area contributed by atoms with Crippen LogP contribution in [0, 0.1) is 0 Å². The zero-order chi connectivity index (χ0) is 97.5. The third-order valence-corrected chi connectivity index (χ3v) is 33.3. The van der Waals surface area contributed by atoms with E-state index in [4.69, 9.17) is 15.0 Å². The first-order chi connectivity index (χ1) is 74.5. The van der Waals surface area contributed by atoms with Gasteiger partial charge in [0.25, 0.3) is 0 Å². The Morgan fingerprint density at radius 2 is 0.393 bits per heavy atom. The van der Waals surface area contributed by atoms with Gasteiger partial charge in [-0.25, -0.2) is 15.0 Å². The van der Waals surface area contributed by atoms with Crippen LogP contribution < -0.4 is 0 Å². The van der Waals surface area contributed by atoms with Crippen LogP contribution in [0.2, 0.25) is 0 Å². The standard InChI is InChI=1S/C45H26N4.2C34H19N.C30H17N/c1-3-12-28(13-4-1)43-46-44(29-14-5-2-6-15-29)48-45(47-43)30-24-22-27(23-25-30)35-26-36-32-17-9-10-20-37(32)49-38-21-11-19-34-31-16-7-8-18-33(31)39(35)41(40(34)38)42(36)49;1-2-11-21-20(9-1)10-7-15-22(21)27-19-28-24-13-5-6-17-29(24)35-30-18-8-16-26-23-12-3-4-14-25(23)31(27)33(32(26)30)34(28)35;1-2-9-21-18-22(17-16-20(21)8-1)27-19-28-24-11-5-6-14-29(24)35-30-15-7-13-26-23-10-3-4-12-25(23)31(27)33(32(26)30)34(28)35;1-2-8-18(9-3-1)19-16-17-26-29-27(19)22-12-5-4-10-20(22)23-14-15-24-21-11-6-7-13-25(21)31(26)30(24)28(23)29/h1-26H;2*1-19H;1-17H. The zero-order valence-corrected chi connectivity index (χ0v) is 80.9. The monoisotopic (exact) mass is 1900 g/mol. The van der Waals surface area contributed by atoms with E-state index in [2.05, 4.69) is 448 Å². The Hall–Kier alpha value is -20.0. The van der Waals surface area contributed by atoms with Crippen LogP contribution in [-0.4, -0.2) is 32.6 Å². The molecule has 0 aliphatic carbocycles. The minimum absolute atomic E-state index is 0.654. The van der Waals surface area contributed by atoms with Crippen molar-refractivity contribution >= 4 is 260 Å². The van der Waals surface area contributed by atoms with Gasteiger partial charge in [0.2, 0.25) is 0 Å². The van der Waals surface area contributed by atoms with Crippen molar-refractivity contribution in [3.8, 4) is 78.7 Å². The lowest BCUT2D eigenvalue weighted by Crippen LogP contribution is -2.00. The zero-order valence-electron chi connectivity index (χ0n) is 80.9. The Morgan fingerprint density at radius 1 is 0.113 bits per heavy atom. The molecule has 37 rings (SSSR count). The predicted octanol–water partition coefficient (Wildman–Crippen LogP) is 38.5. The van der Waals surface area contributed by atoms with Gasteiger partial charge in [0.1, 0.15) is 0 Å². The van der Waals surface area contributed by atoms with Gasteiger partial charge in [-0.05, 0) is 203 Å². The summed E-state index contributed by atoms with van der Waals surface area (Å²) in [5, 5.41) is 48.0. The van der Waals surface area contributed by atoms with E-state index in [1.54, 1.807) is 0 Å². The Morgan fingerprint density at radius 3 is 0.853 bits per heavy atom. The number of hydrogen-bond donors (Lipinski definition) is 0. The van der Waals surface area contributed by atoms with Gasteiger partial charge in [-0.15, -0.1) is 0 Å². The molecule has 0 aliphatic heterocycles. The molecular formula is C143H81N7. The molecule has 28 aromatic carbocycles. The van der Waals surface area contributed by atoms with Crippen LogP contribution in [0.25, 0.3) is 339 Å². The Labute approximate surface area is 856 Å². The summed E-state index contributed by atoms with van der Waals surface area (Å²) >= 11 is 0. The third kappa shape index (κ3) is 11.1. The lowest BCUT2D eigenvalue weighted by Gasteiger charge is -2.15. The van der Waals surface area contributed by atoms with Gasteiger partial charge >= 0.3 is 0 Å². The summed E-state index contributed by atoms with van der Waals surface area (Å²) in [7, 11) is 0. The van der Waals surface area contributed by atoms with Crippen molar-refractivity contribution in [2.45, 2.75) is 0 Å². The number of fused-ring (bicyclic) bond motifs is 30. The SMILES string of the molecule is c1ccc(-c2ccc3c4c2c2ccccc2c2ccc5c6ccccc6n3c5c24)cc1.c1ccc(-c2nc(-c3ccccc3)nc(-c3ccc(-c4cc5c6ccccc6n6c7cccc8c9ccccc9c4c(c87)c56)cc3)n2)cc1.c1ccc2c(-c3cc4c5ccccc5n5c6cccc7c8ccccc8c3c(c76)c45)cccc2c1.c1ccc2cc(-c3cc4c5ccccc5n5c6cccc7c8ccccc8c3c(c76)c45)ccc2c1. The topological polar surface area (TPSA) is 56.3 Å². The molecule has 0 saturated heterocycles. The minimum Gasteiger partial charge on any atom is -0.308 e. The van der Waals surface area contributed by atoms with Crippen molar-refractivity contribution in [2.75, 3.05) is 0 Å². The van der Waals surface area contributed by atoms with Gasteiger partial charge in [-0.2, -0.15) is 0 Å². The maximum atomic E-state index is 4.98. The average Bonchev–Trinajstić information content (AvgIpc) is 1.52. The fourth-order valence-corrected chi connectivity index (χ4v) is 27.3. The molecule has 0 spiro atoms. The van der Waals surface area contributed by atoms with Crippen molar-refractivity contribution in [1.29, 1.82) is 0 Å². The van der Waals surface area contributed by atoms with Gasteiger partial charge in [0.05, 0.1) is 66.2 Å². The summed E-state index contributed by atoms with van der Waals surface area (Å²) in [6, 6.07) is 179. The lowest BCUT2D eigenvalue weighted by atomic mass is 9.87. The van der Waals surface area contributed by atoms with Gasteiger partial charge in [0, 0.05) is 124 Å². The summed E-state index contributed by atoms with van der Waals surface area (Å²) in [5.74, 6) is 1.98. The van der Waals surface area contributed by atoms with Crippen LogP contribution in [0.1, 0.15) is 0 Å². The highest BCUT2D eigenvalue weighted by atomic mass is 15.0. The highest BCUT2D eigenvalue weighted by Gasteiger charge is 2.33. The molecule has 7 nitrogen and oxygen atoms in total. The first kappa shape index (κ1) is 81.4. The molecule has 0 radical (unpaired) electrons. The molecule has 0 unspecified atom stereocenters. The maximum Gasteiger partial charge on any atom is 0.164 e. The fourth-order valence-electron chi connectivity index (χ4n) is 27.3. The second kappa shape index (κ2) is 30.8. The quantitative estimate of drug-likeness (QED) is 0.149. The Kier molecular flexibility index (Phi) is 16.7. The number of aromatic nitrogens is 7. The van der Waals surface area contributed by atoms with Gasteiger partial charge in [0.15, 0.2) is 17.5 Å². The van der Waals surface area contributed by atoms with E-state index in [1.165, 1.54) is 299 Å². The summed E-state index contributed by atoms with van der Waals surface area (Å²) in [6.07, 6.45) is 0. The van der Waals surface area contributed by atoms with E-state index >= 15 is 0 Å². The summed E-state index contributed by atoms with van der Waals surface area (Å²) in [6.45, 7) is 0. The normalized spacial score (nSPS) is 12.4. The van der Waals surface area contributed by atoms with E-state index in [-0.39, 0.29) is 0 Å². The molecule has 150 heavy (non-hydrogen) atoms. The average molecular weight is 1900 g/mol. The van der Waals surface area contributed by atoms with Crippen LogP contribution >= 0.6 is 0 Å². The molecule has 0 aliphatic rings.